The molecular weight excluding hydrogens is 261 g/mol. The third-order valence-corrected chi connectivity index (χ3v) is 5.06. The van der Waals surface area contributed by atoms with Crippen LogP contribution < -0.4 is 4.90 Å². The number of nitrogens with zero attached hydrogens (tertiary/aromatic N) is 1. The summed E-state index contributed by atoms with van der Waals surface area (Å²) in [5.74, 6) is -1.85. The third-order valence-electron chi connectivity index (χ3n) is 2.91. The Morgan fingerprint density at radius 2 is 2.22 bits per heavy atom. The molecule has 0 fully saturated rings. The lowest BCUT2D eigenvalue weighted by atomic mass is 10.2. The van der Waals surface area contributed by atoms with E-state index in [2.05, 4.69) is 0 Å². The van der Waals surface area contributed by atoms with Gasteiger partial charge in [0.1, 0.15) is 12.4 Å². The number of aliphatic carboxylic acids is 1. The van der Waals surface area contributed by atoms with Gasteiger partial charge in [-0.25, -0.2) is 12.8 Å². The van der Waals surface area contributed by atoms with E-state index in [1.165, 1.54) is 24.0 Å². The van der Waals surface area contributed by atoms with Gasteiger partial charge in [0.2, 0.25) is 0 Å². The van der Waals surface area contributed by atoms with Gasteiger partial charge in [0.05, 0.1) is 15.8 Å². The molecule has 0 aliphatic carbocycles. The van der Waals surface area contributed by atoms with Crippen LogP contribution in [0.4, 0.5) is 10.1 Å². The number of carboxylic acids is 1. The van der Waals surface area contributed by atoms with Crippen molar-refractivity contribution in [2.24, 2.45) is 0 Å². The molecule has 0 saturated heterocycles. The van der Waals surface area contributed by atoms with Crippen LogP contribution in [-0.4, -0.2) is 37.8 Å². The molecule has 0 spiro atoms. The van der Waals surface area contributed by atoms with Crippen molar-refractivity contribution in [3.63, 3.8) is 0 Å². The van der Waals surface area contributed by atoms with Crippen molar-refractivity contribution in [3.05, 3.63) is 24.0 Å². The number of sulfone groups is 1. The normalized spacial score (nSPS) is 21.4. The average Bonchev–Trinajstić information content (AvgIpc) is 2.25. The molecular formula is C11H12FNO4S. The van der Waals surface area contributed by atoms with E-state index in [1.807, 2.05) is 0 Å². The number of carbonyl (C=O) groups is 1. The van der Waals surface area contributed by atoms with E-state index in [0.717, 1.165) is 6.07 Å². The molecule has 0 saturated carbocycles. The highest BCUT2D eigenvalue weighted by Gasteiger charge is 2.36. The minimum Gasteiger partial charge on any atom is -0.480 e. The monoisotopic (exact) mass is 273 g/mol. The van der Waals surface area contributed by atoms with E-state index in [1.54, 1.807) is 0 Å². The Kier molecular flexibility index (Phi) is 3.02. The van der Waals surface area contributed by atoms with Gasteiger partial charge < -0.3 is 10.0 Å². The first-order valence-corrected chi connectivity index (χ1v) is 6.88. The number of anilines is 1. The molecule has 1 aromatic carbocycles. The number of fused-ring (bicyclic) bond motifs is 1. The summed E-state index contributed by atoms with van der Waals surface area (Å²) in [5, 5.41) is 8.03. The van der Waals surface area contributed by atoms with Crippen molar-refractivity contribution in [1.29, 1.82) is 0 Å². The lowest BCUT2D eigenvalue weighted by molar-refractivity contribution is -0.135. The Balaban J connectivity index is 2.62. The van der Waals surface area contributed by atoms with Crippen molar-refractivity contribution in [1.82, 2.24) is 0 Å². The predicted octanol–water partition coefficient (Wildman–Crippen LogP) is 0.893. The maximum Gasteiger partial charge on any atom is 0.323 e. The van der Waals surface area contributed by atoms with Gasteiger partial charge in [-0.2, -0.15) is 0 Å². The van der Waals surface area contributed by atoms with Crippen LogP contribution >= 0.6 is 0 Å². The lowest BCUT2D eigenvalue weighted by Crippen LogP contribution is -2.43. The van der Waals surface area contributed by atoms with E-state index >= 15 is 0 Å². The maximum atomic E-state index is 13.7. The van der Waals surface area contributed by atoms with Crippen LogP contribution in [-0.2, 0) is 14.6 Å². The fourth-order valence-electron chi connectivity index (χ4n) is 2.06. The Hall–Kier alpha value is -1.63. The van der Waals surface area contributed by atoms with Crippen LogP contribution in [0, 0.1) is 5.82 Å². The second kappa shape index (κ2) is 4.24. The summed E-state index contributed by atoms with van der Waals surface area (Å²) in [6.07, 6.45) is 0. The summed E-state index contributed by atoms with van der Waals surface area (Å²) in [4.78, 5) is 11.9. The van der Waals surface area contributed by atoms with Crippen LogP contribution in [0.5, 0.6) is 0 Å². The van der Waals surface area contributed by atoms with Gasteiger partial charge in [-0.05, 0) is 19.1 Å². The summed E-state index contributed by atoms with van der Waals surface area (Å²) < 4.78 is 37.8. The van der Waals surface area contributed by atoms with Gasteiger partial charge in [-0.15, -0.1) is 0 Å². The molecule has 1 aliphatic rings. The van der Waals surface area contributed by atoms with Crippen molar-refractivity contribution in [3.8, 4) is 0 Å². The highest BCUT2D eigenvalue weighted by Crippen LogP contribution is 2.35. The van der Waals surface area contributed by atoms with Crippen LogP contribution in [0.15, 0.2) is 23.1 Å². The van der Waals surface area contributed by atoms with E-state index in [0.29, 0.717) is 0 Å². The molecule has 1 aromatic rings. The molecule has 0 bridgehead atoms. The van der Waals surface area contributed by atoms with Crippen LogP contribution in [0.3, 0.4) is 0 Å². The molecule has 0 aromatic heterocycles. The average molecular weight is 273 g/mol. The van der Waals surface area contributed by atoms with Gasteiger partial charge in [-0.1, -0.05) is 6.07 Å². The zero-order chi connectivity index (χ0) is 13.5. The SMILES string of the molecule is CC1CN(CC(=O)O)c2c(F)cccc2S1(=O)=O. The summed E-state index contributed by atoms with van der Waals surface area (Å²) >= 11 is 0. The number of hydrogen-bond donors (Lipinski definition) is 1. The molecule has 18 heavy (non-hydrogen) atoms. The highest BCUT2D eigenvalue weighted by molar-refractivity contribution is 7.92. The summed E-state index contributed by atoms with van der Waals surface area (Å²) in [6.45, 7) is 1.04. The Morgan fingerprint density at radius 3 is 2.83 bits per heavy atom. The minimum absolute atomic E-state index is 0.0252. The standard InChI is InChI=1S/C11H12FNO4S/c1-7-5-13(6-10(14)15)11-8(12)3-2-4-9(11)18(7,16)17/h2-4,7H,5-6H2,1H3,(H,14,15). The molecule has 1 unspecified atom stereocenters. The number of para-hydroxylation sites is 1. The molecule has 0 radical (unpaired) electrons. The van der Waals surface area contributed by atoms with Gasteiger partial charge in [0.25, 0.3) is 0 Å². The zero-order valence-corrected chi connectivity index (χ0v) is 10.4. The van der Waals surface area contributed by atoms with Gasteiger partial charge >= 0.3 is 5.97 Å². The lowest BCUT2D eigenvalue weighted by Gasteiger charge is -2.33. The minimum atomic E-state index is -3.59. The van der Waals surface area contributed by atoms with Crippen molar-refractivity contribution in [2.45, 2.75) is 17.1 Å². The molecule has 7 heteroatoms. The molecule has 1 atom stereocenters. The smallest absolute Gasteiger partial charge is 0.323 e. The van der Waals surface area contributed by atoms with E-state index in [-0.39, 0.29) is 17.1 Å². The van der Waals surface area contributed by atoms with Gasteiger partial charge in [0, 0.05) is 6.54 Å². The van der Waals surface area contributed by atoms with Gasteiger partial charge in [0.15, 0.2) is 9.84 Å². The van der Waals surface area contributed by atoms with Crippen LogP contribution in [0.25, 0.3) is 0 Å². The van der Waals surface area contributed by atoms with E-state index in [4.69, 9.17) is 5.11 Å². The number of halogens is 1. The fraction of sp³-hybridized carbons (Fsp3) is 0.364. The number of benzene rings is 1. The topological polar surface area (TPSA) is 74.7 Å². The van der Waals surface area contributed by atoms with E-state index < -0.39 is 33.4 Å². The molecule has 98 valence electrons. The van der Waals surface area contributed by atoms with Gasteiger partial charge in [-0.3, -0.25) is 4.79 Å². The summed E-state index contributed by atoms with van der Waals surface area (Å²) in [5.41, 5.74) is -0.141. The fourth-order valence-corrected chi connectivity index (χ4v) is 3.63. The van der Waals surface area contributed by atoms with Crippen molar-refractivity contribution >= 4 is 21.5 Å². The molecule has 1 aliphatic heterocycles. The second-order valence-electron chi connectivity index (χ2n) is 4.22. The first kappa shape index (κ1) is 12.8. The highest BCUT2D eigenvalue weighted by atomic mass is 32.2. The number of carboxylic acid groups (broad SMARTS) is 1. The van der Waals surface area contributed by atoms with Crippen LogP contribution in [0.1, 0.15) is 6.92 Å². The summed E-state index contributed by atoms with van der Waals surface area (Å²) in [7, 11) is -3.59. The Labute approximate surface area is 104 Å². The number of rotatable bonds is 2. The number of hydrogen-bond acceptors (Lipinski definition) is 4. The molecule has 0 amide bonds. The van der Waals surface area contributed by atoms with Crippen LogP contribution in [0.2, 0.25) is 0 Å². The third kappa shape index (κ3) is 1.94. The Bertz CT molecular complexity index is 599. The largest absolute Gasteiger partial charge is 0.480 e. The Morgan fingerprint density at radius 1 is 1.56 bits per heavy atom. The molecule has 2 rings (SSSR count). The second-order valence-corrected chi connectivity index (χ2v) is 6.55. The molecule has 5 nitrogen and oxygen atoms in total. The van der Waals surface area contributed by atoms with E-state index in [9.17, 15) is 17.6 Å². The quantitative estimate of drug-likeness (QED) is 0.866. The molecule has 1 heterocycles. The van der Waals surface area contributed by atoms with Crippen molar-refractivity contribution in [2.75, 3.05) is 18.0 Å². The summed E-state index contributed by atoms with van der Waals surface area (Å²) in [6, 6.07) is 3.74. The first-order valence-electron chi connectivity index (χ1n) is 5.33. The van der Waals surface area contributed by atoms with Crippen molar-refractivity contribution < 1.29 is 22.7 Å². The zero-order valence-electron chi connectivity index (χ0n) is 9.63. The first-order chi connectivity index (χ1) is 8.34. The predicted molar refractivity (Wildman–Crippen MR) is 62.9 cm³/mol. The molecule has 1 N–H and O–H groups in total. The maximum absolute atomic E-state index is 13.7.